The Kier molecular flexibility index (Phi) is 19.3. The van der Waals surface area contributed by atoms with Crippen LogP contribution in [0.2, 0.25) is 0 Å². The van der Waals surface area contributed by atoms with Crippen LogP contribution in [0.1, 0.15) is 161 Å². The Morgan fingerprint density at radius 2 is 1.18 bits per heavy atom. The summed E-state index contributed by atoms with van der Waals surface area (Å²) in [6.07, 6.45) is 10.3. The zero-order valence-electron chi connectivity index (χ0n) is 42.1. The molecule has 3 aromatic heterocycles. The second-order valence-electron chi connectivity index (χ2n) is 19.0. The second-order valence-corrected chi connectivity index (χ2v) is 19.0. The van der Waals surface area contributed by atoms with Crippen molar-refractivity contribution in [3.8, 4) is 0 Å². The monoisotopic (exact) mass is 925 g/mol. The summed E-state index contributed by atoms with van der Waals surface area (Å²) in [6.45, 7) is 17.2. The van der Waals surface area contributed by atoms with E-state index in [0.717, 1.165) is 101 Å². The van der Waals surface area contributed by atoms with E-state index in [2.05, 4.69) is 116 Å². The average Bonchev–Trinajstić information content (AvgIpc) is 4.01. The summed E-state index contributed by atoms with van der Waals surface area (Å²) in [5.41, 5.74) is 26.7. The van der Waals surface area contributed by atoms with Crippen molar-refractivity contribution in [2.45, 2.75) is 162 Å². The second kappa shape index (κ2) is 24.6. The molecule has 2 aliphatic heterocycles. The van der Waals surface area contributed by atoms with Gasteiger partial charge in [-0.25, -0.2) is 4.98 Å². The molecule has 5 heterocycles. The molecule has 0 fully saturated rings. The summed E-state index contributed by atoms with van der Waals surface area (Å²) in [5, 5.41) is 9.00. The molecule has 0 radical (unpaired) electrons. The maximum absolute atomic E-state index is 14.2. The molecule has 4 amide bonds. The summed E-state index contributed by atoms with van der Waals surface area (Å²) >= 11 is 0. The van der Waals surface area contributed by atoms with Gasteiger partial charge in [0.15, 0.2) is 0 Å². The molecule has 0 aromatic carbocycles. The number of nitrogens with one attached hydrogen (secondary N) is 5. The Bertz CT molecular complexity index is 2430. The number of amides is 4. The van der Waals surface area contributed by atoms with Crippen molar-refractivity contribution >= 4 is 57.3 Å². The summed E-state index contributed by atoms with van der Waals surface area (Å²) < 4.78 is 0. The molecule has 0 spiro atoms. The first-order valence-corrected chi connectivity index (χ1v) is 25.0. The molecule has 8 bridgehead atoms. The maximum Gasteiger partial charge on any atom is 0.244 e. The minimum absolute atomic E-state index is 0.00813. The Morgan fingerprint density at radius 3 is 1.72 bits per heavy atom. The van der Waals surface area contributed by atoms with Crippen LogP contribution in [-0.2, 0) is 32.0 Å². The van der Waals surface area contributed by atoms with E-state index in [1.807, 2.05) is 0 Å². The van der Waals surface area contributed by atoms with Gasteiger partial charge in [0.2, 0.25) is 23.6 Å². The number of aromatic amines is 2. The van der Waals surface area contributed by atoms with Gasteiger partial charge in [-0.3, -0.25) is 24.2 Å². The molecule has 0 unspecified atom stereocenters. The van der Waals surface area contributed by atoms with Crippen molar-refractivity contribution in [3.05, 3.63) is 68.8 Å². The maximum atomic E-state index is 14.2. The SMILES string of the molecule is CCc1c(C)c2cc3[nH]c(cc4nc(c(C)c5nc(cc1[nH]2)C(C)=C5)[C@@H](CCC(=O)N[C@@H](CCCC[NH3+])C(=O)N[C@@H](CCCC[NH3+])C(=O)N[C@@H](CCCC[NH3+])C(=O)N(C)C)[C@@H]4C)c(C)c3CC. The lowest BCUT2D eigenvalue weighted by molar-refractivity contribution is -0.369. The standard InChI is InChI=1S/C52H79N11O4/c1-10-35-32(5)44-29-47-36(11-2)31(4)43(57-47)28-45-33(6)37(49(60-45)34(7)42-26-30(3)41(56-42)27-46(35)58-44)21-22-48(64)59-38(18-12-15-23-53)50(65)61-39(19-13-16-24-54)51(66)62-40(20-14-17-25-55)52(67)63(8)9/h26-29,33,37-40,57-58H,10-25,53-55H2,1-9H3,(H,59,64)(H,61,65)(H,62,66)/p+3/t33-,37-,38-,39-,40-/m0/s1. The number of allylic oxidation sites excluding steroid dienone is 1. The largest absolute Gasteiger partial charge is 0.358 e. The Hall–Kier alpha value is -5.38. The highest BCUT2D eigenvalue weighted by Crippen LogP contribution is 2.42. The van der Waals surface area contributed by atoms with Crippen LogP contribution in [-0.4, -0.2) is 100 Å². The van der Waals surface area contributed by atoms with Gasteiger partial charge < -0.3 is 48.0 Å². The molecule has 14 N–H and O–H groups in total. The lowest BCUT2D eigenvalue weighted by atomic mass is 9.85. The van der Waals surface area contributed by atoms with Crippen LogP contribution in [0.25, 0.3) is 33.7 Å². The Labute approximate surface area is 397 Å². The summed E-state index contributed by atoms with van der Waals surface area (Å²) in [7, 11) is 3.34. The number of rotatable bonds is 23. The number of aryl methyl sites for hydroxylation is 4. The third-order valence-electron chi connectivity index (χ3n) is 13.9. The lowest BCUT2D eigenvalue weighted by Crippen LogP contribution is -2.57. The molecular weight excluding hydrogens is 843 g/mol. The third kappa shape index (κ3) is 13.0. The van der Waals surface area contributed by atoms with Crippen LogP contribution in [0.3, 0.4) is 0 Å². The zero-order valence-corrected chi connectivity index (χ0v) is 42.1. The number of carbonyl (C=O) groups is 4. The minimum Gasteiger partial charge on any atom is -0.358 e. The number of nitrogens with zero attached hydrogens (tertiary/aromatic N) is 3. The first-order chi connectivity index (χ1) is 32.1. The first kappa shape index (κ1) is 52.6. The fourth-order valence-corrected chi connectivity index (χ4v) is 9.69. The van der Waals surface area contributed by atoms with Crippen LogP contribution < -0.4 is 33.2 Å². The topological polar surface area (TPSA) is 248 Å². The van der Waals surface area contributed by atoms with E-state index in [0.29, 0.717) is 51.6 Å². The Morgan fingerprint density at radius 1 is 0.672 bits per heavy atom. The van der Waals surface area contributed by atoms with Gasteiger partial charge in [0.25, 0.3) is 0 Å². The molecule has 0 aliphatic carbocycles. The fraction of sp³-hybridized carbons (Fsp3) is 0.577. The highest BCUT2D eigenvalue weighted by Gasteiger charge is 2.33. The van der Waals surface area contributed by atoms with E-state index in [4.69, 9.17) is 9.97 Å². The van der Waals surface area contributed by atoms with Crippen LogP contribution in [0, 0.1) is 20.8 Å². The number of carbonyl (C=O) groups excluding carboxylic acids is 4. The van der Waals surface area contributed by atoms with Crippen molar-refractivity contribution in [1.29, 1.82) is 0 Å². The van der Waals surface area contributed by atoms with Crippen molar-refractivity contribution < 1.29 is 36.4 Å². The van der Waals surface area contributed by atoms with E-state index in [1.165, 1.54) is 27.2 Å². The van der Waals surface area contributed by atoms with E-state index < -0.39 is 29.9 Å². The minimum atomic E-state index is -0.882. The molecule has 0 saturated carbocycles. The van der Waals surface area contributed by atoms with Gasteiger partial charge in [-0.15, -0.1) is 0 Å². The van der Waals surface area contributed by atoms with Crippen molar-refractivity contribution in [1.82, 2.24) is 40.8 Å². The number of H-pyrrole nitrogens is 2. The smallest absolute Gasteiger partial charge is 0.244 e. The number of hydrogen-bond acceptors (Lipinski definition) is 6. The quantitative estimate of drug-likeness (QED) is 0.0642. The normalized spacial score (nSPS) is 16.0. The van der Waals surface area contributed by atoms with E-state index in [1.54, 1.807) is 14.1 Å². The zero-order chi connectivity index (χ0) is 48.9. The van der Waals surface area contributed by atoms with Crippen molar-refractivity contribution in [2.24, 2.45) is 0 Å². The third-order valence-corrected chi connectivity index (χ3v) is 13.9. The van der Waals surface area contributed by atoms with Crippen molar-refractivity contribution in [3.63, 3.8) is 0 Å². The van der Waals surface area contributed by atoms with Crippen LogP contribution in [0.4, 0.5) is 0 Å². The van der Waals surface area contributed by atoms with Crippen molar-refractivity contribution in [2.75, 3.05) is 33.7 Å². The molecular formula is C52H82N11O4+3. The average molecular weight is 925 g/mol. The van der Waals surface area contributed by atoms with E-state index >= 15 is 0 Å². The van der Waals surface area contributed by atoms with Gasteiger partial charge >= 0.3 is 0 Å². The highest BCUT2D eigenvalue weighted by molar-refractivity contribution is 5.94. The van der Waals surface area contributed by atoms with Gasteiger partial charge in [0.1, 0.15) is 18.1 Å². The number of fused-ring (bicyclic) bond motifs is 8. The molecule has 67 heavy (non-hydrogen) atoms. The lowest BCUT2D eigenvalue weighted by Gasteiger charge is -2.26. The van der Waals surface area contributed by atoms with E-state index in [9.17, 15) is 19.2 Å². The molecule has 5 atom stereocenters. The molecule has 0 saturated heterocycles. The predicted octanol–water partition coefficient (Wildman–Crippen LogP) is 4.37. The van der Waals surface area contributed by atoms with Crippen LogP contribution >= 0.6 is 0 Å². The predicted molar refractivity (Wildman–Crippen MR) is 267 cm³/mol. The molecule has 15 nitrogen and oxygen atoms in total. The van der Waals surface area contributed by atoms with Gasteiger partial charge in [0.05, 0.1) is 31.0 Å². The van der Waals surface area contributed by atoms with Gasteiger partial charge in [-0.2, -0.15) is 0 Å². The Balaban J connectivity index is 1.45. The molecule has 5 rings (SSSR count). The number of likely N-dealkylation sites (N-methyl/N-ethyl adjacent to an activating group) is 1. The first-order valence-electron chi connectivity index (χ1n) is 25.0. The molecule has 15 heteroatoms. The number of unbranched alkanes of at least 4 members (excludes halogenated alkanes) is 3. The summed E-state index contributed by atoms with van der Waals surface area (Å²) in [6, 6.07) is 4.12. The van der Waals surface area contributed by atoms with Gasteiger partial charge in [0, 0.05) is 65.8 Å². The highest BCUT2D eigenvalue weighted by atomic mass is 16.2. The number of aromatic nitrogens is 4. The van der Waals surface area contributed by atoms with Crippen LogP contribution in [0.15, 0.2) is 18.2 Å². The number of hydrogen-bond donors (Lipinski definition) is 8. The van der Waals surface area contributed by atoms with E-state index in [-0.39, 0.29) is 30.1 Å². The number of quaternary nitrogens is 3. The van der Waals surface area contributed by atoms with Gasteiger partial charge in [-0.1, -0.05) is 20.8 Å². The van der Waals surface area contributed by atoms with Crippen LogP contribution in [0.5, 0.6) is 0 Å². The summed E-state index contributed by atoms with van der Waals surface area (Å²) in [4.78, 5) is 74.8. The fourth-order valence-electron chi connectivity index (χ4n) is 9.69. The summed E-state index contributed by atoms with van der Waals surface area (Å²) in [5.74, 6) is -1.36. The molecule has 366 valence electrons. The molecule has 3 aromatic rings. The van der Waals surface area contributed by atoms with Gasteiger partial charge in [-0.05, 0) is 162 Å². The molecule has 2 aliphatic rings.